The number of nitrogens with zero attached hydrogens (tertiary/aromatic N) is 1. The van der Waals surface area contributed by atoms with Gasteiger partial charge < -0.3 is 0 Å². The highest BCUT2D eigenvalue weighted by Crippen LogP contribution is 2.15. The second-order valence-corrected chi connectivity index (χ2v) is 5.91. The molecule has 0 unspecified atom stereocenters. The number of carbonyl (C=O) groups is 2. The summed E-state index contributed by atoms with van der Waals surface area (Å²) in [5, 5.41) is 12.9. The lowest BCUT2D eigenvalue weighted by atomic mass is 10.2. The molecule has 2 rings (SSSR count). The quantitative estimate of drug-likeness (QED) is 0.397. The second kappa shape index (κ2) is 8.31. The lowest BCUT2D eigenvalue weighted by Crippen LogP contribution is -2.48. The Balaban J connectivity index is 1.93. The molecule has 25 heavy (non-hydrogen) atoms. The zero-order chi connectivity index (χ0) is 18.4. The Kier molecular flexibility index (Phi) is 6.14. The third kappa shape index (κ3) is 5.06. The predicted octanol–water partition coefficient (Wildman–Crippen LogP) is 2.31. The minimum atomic E-state index is -0.642. The lowest BCUT2D eigenvalue weighted by molar-refractivity contribution is -0.384. The maximum absolute atomic E-state index is 12.0. The number of hydrazine groups is 1. The van der Waals surface area contributed by atoms with Gasteiger partial charge in [0.1, 0.15) is 0 Å². The highest BCUT2D eigenvalue weighted by atomic mass is 79.9. The van der Waals surface area contributed by atoms with Gasteiger partial charge in [0.05, 0.1) is 10.5 Å². The molecule has 0 fully saturated rings. The molecule has 0 aliphatic carbocycles. The number of hydrogen-bond donors (Lipinski definition) is 3. The fraction of sp³-hybridized carbons (Fsp3) is 0. The lowest BCUT2D eigenvalue weighted by Gasteiger charge is -2.11. The SMILES string of the molecule is O=C(NC(=S)NNC(=O)c1ccccc1Br)c1cccc([N+](=O)[O-])c1. The van der Waals surface area contributed by atoms with Crippen LogP contribution in [0.25, 0.3) is 0 Å². The van der Waals surface area contributed by atoms with E-state index in [-0.39, 0.29) is 16.4 Å². The highest BCUT2D eigenvalue weighted by molar-refractivity contribution is 9.10. The maximum atomic E-state index is 12.0. The Labute approximate surface area is 155 Å². The Morgan fingerprint density at radius 2 is 1.76 bits per heavy atom. The van der Waals surface area contributed by atoms with E-state index in [1.807, 2.05) is 0 Å². The molecule has 0 saturated heterocycles. The van der Waals surface area contributed by atoms with Crippen molar-refractivity contribution in [1.82, 2.24) is 16.2 Å². The van der Waals surface area contributed by atoms with Crippen LogP contribution in [-0.2, 0) is 0 Å². The number of non-ortho nitro benzene ring substituents is 1. The Morgan fingerprint density at radius 3 is 2.44 bits per heavy atom. The molecule has 0 spiro atoms. The van der Waals surface area contributed by atoms with E-state index < -0.39 is 16.7 Å². The number of thiocarbonyl (C=S) groups is 1. The largest absolute Gasteiger partial charge is 0.298 e. The molecule has 8 nitrogen and oxygen atoms in total. The summed E-state index contributed by atoms with van der Waals surface area (Å²) >= 11 is 8.16. The molecule has 0 aliphatic rings. The van der Waals surface area contributed by atoms with E-state index in [0.29, 0.717) is 10.0 Å². The fourth-order valence-electron chi connectivity index (χ4n) is 1.79. The van der Waals surface area contributed by atoms with Crippen LogP contribution in [0.15, 0.2) is 53.0 Å². The minimum Gasteiger partial charge on any atom is -0.298 e. The number of rotatable bonds is 3. The van der Waals surface area contributed by atoms with Crippen molar-refractivity contribution in [1.29, 1.82) is 0 Å². The number of nitro groups is 1. The smallest absolute Gasteiger partial charge is 0.270 e. The molecule has 0 saturated carbocycles. The van der Waals surface area contributed by atoms with E-state index in [9.17, 15) is 19.7 Å². The summed E-state index contributed by atoms with van der Waals surface area (Å²) < 4.78 is 0.598. The molecule has 2 amide bonds. The number of halogens is 1. The van der Waals surface area contributed by atoms with Crippen molar-refractivity contribution < 1.29 is 14.5 Å². The number of hydrogen-bond acceptors (Lipinski definition) is 5. The van der Waals surface area contributed by atoms with Gasteiger partial charge in [0.2, 0.25) is 0 Å². The summed E-state index contributed by atoms with van der Waals surface area (Å²) in [6, 6.07) is 12.0. The van der Waals surface area contributed by atoms with E-state index in [0.717, 1.165) is 6.07 Å². The predicted molar refractivity (Wildman–Crippen MR) is 97.9 cm³/mol. The zero-order valence-electron chi connectivity index (χ0n) is 12.5. The van der Waals surface area contributed by atoms with Crippen LogP contribution >= 0.6 is 28.1 Å². The molecule has 0 radical (unpaired) electrons. The first-order chi connectivity index (χ1) is 11.9. The summed E-state index contributed by atoms with van der Waals surface area (Å²) in [4.78, 5) is 34.1. The topological polar surface area (TPSA) is 113 Å². The Bertz CT molecular complexity index is 859. The van der Waals surface area contributed by atoms with Crippen LogP contribution in [0.4, 0.5) is 5.69 Å². The monoisotopic (exact) mass is 422 g/mol. The van der Waals surface area contributed by atoms with Gasteiger partial charge in [0, 0.05) is 22.2 Å². The fourth-order valence-corrected chi connectivity index (χ4v) is 2.40. The van der Waals surface area contributed by atoms with Crippen molar-refractivity contribution in [3.8, 4) is 0 Å². The maximum Gasteiger partial charge on any atom is 0.270 e. The van der Waals surface area contributed by atoms with Gasteiger partial charge in [0.15, 0.2) is 5.11 Å². The summed E-state index contributed by atoms with van der Waals surface area (Å²) in [5.41, 5.74) is 4.96. The van der Waals surface area contributed by atoms with Crippen molar-refractivity contribution in [2.75, 3.05) is 0 Å². The third-order valence-corrected chi connectivity index (χ3v) is 3.85. The standard InChI is InChI=1S/C15H11BrN4O4S/c16-12-7-2-1-6-11(12)14(22)18-19-15(25)17-13(21)9-4-3-5-10(8-9)20(23)24/h1-8H,(H,18,22)(H2,17,19,21,25). The molecular weight excluding hydrogens is 412 g/mol. The number of nitrogens with one attached hydrogen (secondary N) is 3. The third-order valence-electron chi connectivity index (χ3n) is 2.95. The Hall–Kier alpha value is -2.85. The van der Waals surface area contributed by atoms with Crippen LogP contribution < -0.4 is 16.2 Å². The molecular formula is C15H11BrN4O4S. The number of benzene rings is 2. The van der Waals surface area contributed by atoms with Crippen LogP contribution in [0.5, 0.6) is 0 Å². The van der Waals surface area contributed by atoms with Crippen molar-refractivity contribution in [3.05, 3.63) is 74.2 Å². The average molecular weight is 423 g/mol. The summed E-state index contributed by atoms with van der Waals surface area (Å²) in [7, 11) is 0. The molecule has 0 heterocycles. The molecule has 0 atom stereocenters. The van der Waals surface area contributed by atoms with Gasteiger partial charge in [0.25, 0.3) is 17.5 Å². The van der Waals surface area contributed by atoms with Gasteiger partial charge in [-0.3, -0.25) is 35.9 Å². The number of nitro benzene ring substituents is 1. The van der Waals surface area contributed by atoms with Crippen molar-refractivity contribution in [2.45, 2.75) is 0 Å². The molecule has 0 aromatic heterocycles. The highest BCUT2D eigenvalue weighted by Gasteiger charge is 2.13. The van der Waals surface area contributed by atoms with Crippen LogP contribution in [0.2, 0.25) is 0 Å². The van der Waals surface area contributed by atoms with Crippen LogP contribution in [0.1, 0.15) is 20.7 Å². The van der Waals surface area contributed by atoms with Gasteiger partial charge >= 0.3 is 0 Å². The molecule has 2 aromatic rings. The molecule has 2 aromatic carbocycles. The Morgan fingerprint density at radius 1 is 1.04 bits per heavy atom. The van der Waals surface area contributed by atoms with Crippen molar-refractivity contribution in [2.24, 2.45) is 0 Å². The number of carbonyl (C=O) groups excluding carboxylic acids is 2. The van der Waals surface area contributed by atoms with Crippen LogP contribution in [-0.4, -0.2) is 21.9 Å². The van der Waals surface area contributed by atoms with Gasteiger partial charge in [-0.05, 0) is 46.3 Å². The first-order valence-electron chi connectivity index (χ1n) is 6.79. The molecule has 0 bridgehead atoms. The van der Waals surface area contributed by atoms with Crippen LogP contribution in [0, 0.1) is 10.1 Å². The first-order valence-corrected chi connectivity index (χ1v) is 7.99. The summed E-state index contributed by atoms with van der Waals surface area (Å²) in [6.07, 6.45) is 0. The average Bonchev–Trinajstić information content (AvgIpc) is 2.60. The van der Waals surface area contributed by atoms with Crippen molar-refractivity contribution in [3.63, 3.8) is 0 Å². The van der Waals surface area contributed by atoms with Gasteiger partial charge in [-0.25, -0.2) is 0 Å². The zero-order valence-corrected chi connectivity index (χ0v) is 14.9. The van der Waals surface area contributed by atoms with Gasteiger partial charge in [-0.2, -0.15) is 0 Å². The normalized spacial score (nSPS) is 9.80. The van der Waals surface area contributed by atoms with E-state index in [4.69, 9.17) is 12.2 Å². The molecule has 3 N–H and O–H groups in total. The summed E-state index contributed by atoms with van der Waals surface area (Å²) in [5.74, 6) is -1.10. The second-order valence-electron chi connectivity index (χ2n) is 4.65. The van der Waals surface area contributed by atoms with E-state index >= 15 is 0 Å². The van der Waals surface area contributed by atoms with Gasteiger partial charge in [-0.15, -0.1) is 0 Å². The van der Waals surface area contributed by atoms with Crippen LogP contribution in [0.3, 0.4) is 0 Å². The van der Waals surface area contributed by atoms with E-state index in [2.05, 4.69) is 32.1 Å². The van der Waals surface area contributed by atoms with E-state index in [1.54, 1.807) is 24.3 Å². The van der Waals surface area contributed by atoms with E-state index in [1.165, 1.54) is 18.2 Å². The first kappa shape index (κ1) is 18.5. The number of amides is 2. The summed E-state index contributed by atoms with van der Waals surface area (Å²) in [6.45, 7) is 0. The molecule has 128 valence electrons. The van der Waals surface area contributed by atoms with Gasteiger partial charge in [-0.1, -0.05) is 18.2 Å². The molecule has 10 heteroatoms. The minimum absolute atomic E-state index is 0.0653. The van der Waals surface area contributed by atoms with Crippen molar-refractivity contribution >= 4 is 50.8 Å². The molecule has 0 aliphatic heterocycles.